The molecule has 0 bridgehead atoms. The highest BCUT2D eigenvalue weighted by Gasteiger charge is 2.24. The molecule has 1 saturated carbocycles. The van der Waals surface area contributed by atoms with Gasteiger partial charge in [-0.15, -0.1) is 10.2 Å². The average molecular weight is 620 g/mol. The predicted octanol–water partition coefficient (Wildman–Crippen LogP) is 4.19. The maximum Gasteiger partial charge on any atom is 0.280 e. The monoisotopic (exact) mass is 619 g/mol. The zero-order chi connectivity index (χ0) is 30.8. The van der Waals surface area contributed by atoms with Gasteiger partial charge >= 0.3 is 0 Å². The van der Waals surface area contributed by atoms with Crippen LogP contribution in [-0.2, 0) is 0 Å². The second-order valence-corrected chi connectivity index (χ2v) is 11.4. The molecule has 0 spiro atoms. The number of rotatable bonds is 8. The molecule has 226 valence electrons. The van der Waals surface area contributed by atoms with E-state index in [1.165, 1.54) is 36.2 Å². The fraction of sp³-hybridized carbons (Fsp3) is 0.333. The molecule has 4 aromatic heterocycles. The van der Waals surface area contributed by atoms with Gasteiger partial charge in [-0.3, -0.25) is 24.5 Å². The number of likely N-dealkylation sites (N-methyl/N-ethyl adjacent to an activating group) is 1. The van der Waals surface area contributed by atoms with Crippen molar-refractivity contribution in [2.45, 2.75) is 31.8 Å². The number of amides is 1. The molecule has 1 aliphatic heterocycles. The van der Waals surface area contributed by atoms with Crippen LogP contribution in [0.25, 0.3) is 16.9 Å². The van der Waals surface area contributed by atoms with Crippen molar-refractivity contribution in [1.82, 2.24) is 29.6 Å². The molecule has 1 aliphatic carbocycles. The lowest BCUT2D eigenvalue weighted by Gasteiger charge is -2.16. The van der Waals surface area contributed by atoms with Gasteiger partial charge in [-0.2, -0.15) is 0 Å². The number of halogens is 2. The summed E-state index contributed by atoms with van der Waals surface area (Å²) >= 11 is 1.11. The SMILES string of the molecule is COc1cnc(C(F)F)cc1-c1cc(-n2ccc(OC3CCN(C)C3)cc2=O)ncc1C(=O)Nc1nnc(C#CC2CC2)s1. The van der Waals surface area contributed by atoms with Crippen molar-refractivity contribution < 1.29 is 23.0 Å². The van der Waals surface area contributed by atoms with Gasteiger partial charge in [0.15, 0.2) is 5.01 Å². The van der Waals surface area contributed by atoms with E-state index < -0.39 is 23.6 Å². The maximum absolute atomic E-state index is 13.7. The number of nitrogens with one attached hydrogen (secondary N) is 1. The van der Waals surface area contributed by atoms with E-state index in [0.717, 1.165) is 56.0 Å². The van der Waals surface area contributed by atoms with Gasteiger partial charge in [0.2, 0.25) is 5.13 Å². The summed E-state index contributed by atoms with van der Waals surface area (Å²) in [5.74, 6) is 6.54. The second-order valence-electron chi connectivity index (χ2n) is 10.5. The lowest BCUT2D eigenvalue weighted by atomic mass is 10.00. The number of carbonyl (C=O) groups is 1. The van der Waals surface area contributed by atoms with Gasteiger partial charge in [-0.1, -0.05) is 17.3 Å². The van der Waals surface area contributed by atoms with E-state index in [-0.39, 0.29) is 39.5 Å². The van der Waals surface area contributed by atoms with E-state index in [2.05, 4.69) is 42.2 Å². The summed E-state index contributed by atoms with van der Waals surface area (Å²) < 4.78 is 40.0. The Labute approximate surface area is 254 Å². The Hall–Kier alpha value is -4.74. The van der Waals surface area contributed by atoms with Crippen LogP contribution in [-0.4, -0.2) is 68.9 Å². The number of alkyl halides is 2. The summed E-state index contributed by atoms with van der Waals surface area (Å²) in [7, 11) is 3.37. The number of hydrogen-bond acceptors (Lipinski definition) is 10. The van der Waals surface area contributed by atoms with Gasteiger partial charge in [-0.05, 0) is 50.4 Å². The number of likely N-dealkylation sites (tertiary alicyclic amines) is 1. The summed E-state index contributed by atoms with van der Waals surface area (Å²) in [4.78, 5) is 37.0. The molecule has 44 heavy (non-hydrogen) atoms. The largest absolute Gasteiger partial charge is 0.494 e. The van der Waals surface area contributed by atoms with Crippen molar-refractivity contribution in [3.8, 4) is 40.3 Å². The van der Waals surface area contributed by atoms with Crippen LogP contribution in [0, 0.1) is 17.8 Å². The minimum atomic E-state index is -2.87. The smallest absolute Gasteiger partial charge is 0.280 e. The van der Waals surface area contributed by atoms with Crippen LogP contribution in [0.5, 0.6) is 11.5 Å². The van der Waals surface area contributed by atoms with E-state index in [0.29, 0.717) is 16.7 Å². The van der Waals surface area contributed by atoms with Gasteiger partial charge in [0.25, 0.3) is 17.9 Å². The van der Waals surface area contributed by atoms with Crippen LogP contribution >= 0.6 is 11.3 Å². The molecule has 1 N–H and O–H groups in total. The van der Waals surface area contributed by atoms with Crippen LogP contribution in [0.2, 0.25) is 0 Å². The Kier molecular flexibility index (Phi) is 8.32. The number of nitrogens with zero attached hydrogens (tertiary/aromatic N) is 6. The fourth-order valence-corrected chi connectivity index (χ4v) is 5.32. The number of ether oxygens (including phenoxy) is 2. The first-order valence-corrected chi connectivity index (χ1v) is 14.7. The lowest BCUT2D eigenvalue weighted by molar-refractivity contribution is 0.102. The zero-order valence-electron chi connectivity index (χ0n) is 23.8. The number of methoxy groups -OCH3 is 1. The molecule has 5 heterocycles. The molecule has 1 saturated heterocycles. The van der Waals surface area contributed by atoms with E-state index in [1.807, 2.05) is 7.05 Å². The fourth-order valence-electron chi connectivity index (χ4n) is 4.72. The van der Waals surface area contributed by atoms with Crippen LogP contribution in [0.3, 0.4) is 0 Å². The molecular weight excluding hydrogens is 592 g/mol. The Morgan fingerprint density at radius 2 is 1.98 bits per heavy atom. The molecule has 1 atom stereocenters. The first kappa shape index (κ1) is 29.3. The van der Waals surface area contributed by atoms with Crippen LogP contribution in [0.4, 0.5) is 13.9 Å². The first-order chi connectivity index (χ1) is 21.3. The molecule has 0 aromatic carbocycles. The minimum Gasteiger partial charge on any atom is -0.494 e. The van der Waals surface area contributed by atoms with Crippen molar-refractivity contribution in [2.24, 2.45) is 5.92 Å². The zero-order valence-corrected chi connectivity index (χ0v) is 24.6. The summed E-state index contributed by atoms with van der Waals surface area (Å²) in [6.07, 6.45) is 4.04. The number of pyridine rings is 3. The highest BCUT2D eigenvalue weighted by atomic mass is 32.1. The third kappa shape index (κ3) is 6.58. The average Bonchev–Trinajstić information content (AvgIpc) is 3.60. The number of aromatic nitrogens is 5. The van der Waals surface area contributed by atoms with Gasteiger partial charge in [0, 0.05) is 48.6 Å². The Balaban J connectivity index is 1.36. The number of anilines is 1. The van der Waals surface area contributed by atoms with Crippen LogP contribution in [0.15, 0.2) is 47.7 Å². The van der Waals surface area contributed by atoms with Crippen molar-refractivity contribution in [3.63, 3.8) is 0 Å². The Morgan fingerprint density at radius 1 is 1.14 bits per heavy atom. The van der Waals surface area contributed by atoms with Crippen LogP contribution in [0.1, 0.15) is 46.7 Å². The van der Waals surface area contributed by atoms with Crippen molar-refractivity contribution in [3.05, 3.63) is 69.5 Å². The number of carbonyl (C=O) groups excluding carboxylic acids is 1. The lowest BCUT2D eigenvalue weighted by Crippen LogP contribution is -2.23. The highest BCUT2D eigenvalue weighted by Crippen LogP contribution is 2.36. The molecule has 4 aromatic rings. The minimum absolute atomic E-state index is 0.0182. The third-order valence-corrected chi connectivity index (χ3v) is 7.91. The van der Waals surface area contributed by atoms with Gasteiger partial charge < -0.3 is 14.4 Å². The van der Waals surface area contributed by atoms with E-state index >= 15 is 0 Å². The standard InChI is InChI=1S/C30H27F2N7O4S/c1-38-9-7-19(16-38)43-18-8-10-39(27(40)11-18)25-13-20(21-12-23(28(31)32)33-15-24(21)42-2)22(14-34-25)29(41)35-30-37-36-26(44-30)6-5-17-3-4-17/h8,10-15,17,19,28H,3-4,7,9,16H2,1-2H3,(H,35,37,41). The molecule has 2 fully saturated rings. The first-order valence-electron chi connectivity index (χ1n) is 13.8. The normalized spacial score (nSPS) is 16.4. The number of hydrogen-bond donors (Lipinski definition) is 1. The summed E-state index contributed by atoms with van der Waals surface area (Å²) in [5, 5.41) is 11.4. The summed E-state index contributed by atoms with van der Waals surface area (Å²) in [6, 6.07) is 5.63. The van der Waals surface area contributed by atoms with E-state index in [4.69, 9.17) is 9.47 Å². The maximum atomic E-state index is 13.7. The Bertz CT molecular complexity index is 1830. The van der Waals surface area contributed by atoms with Gasteiger partial charge in [0.05, 0.1) is 18.9 Å². The van der Waals surface area contributed by atoms with Crippen molar-refractivity contribution in [1.29, 1.82) is 0 Å². The van der Waals surface area contributed by atoms with Crippen molar-refractivity contribution >= 4 is 22.4 Å². The molecule has 1 unspecified atom stereocenters. The molecule has 0 radical (unpaired) electrons. The topological polar surface area (TPSA) is 124 Å². The van der Waals surface area contributed by atoms with Gasteiger partial charge in [-0.25, -0.2) is 13.8 Å². The third-order valence-electron chi connectivity index (χ3n) is 7.15. The van der Waals surface area contributed by atoms with Gasteiger partial charge in [0.1, 0.15) is 29.1 Å². The Morgan fingerprint density at radius 3 is 2.68 bits per heavy atom. The second kappa shape index (κ2) is 12.5. The summed E-state index contributed by atoms with van der Waals surface area (Å²) in [6.45, 7) is 1.67. The summed E-state index contributed by atoms with van der Waals surface area (Å²) in [5.41, 5.74) is -0.554. The molecule has 1 amide bonds. The van der Waals surface area contributed by atoms with Crippen LogP contribution < -0.4 is 20.3 Å². The predicted molar refractivity (Wildman–Crippen MR) is 159 cm³/mol. The molecule has 11 nitrogen and oxygen atoms in total. The van der Waals surface area contributed by atoms with E-state index in [9.17, 15) is 18.4 Å². The highest BCUT2D eigenvalue weighted by molar-refractivity contribution is 7.15. The molecular formula is C30H27F2N7O4S. The quantitative estimate of drug-likeness (QED) is 0.289. The molecule has 2 aliphatic rings. The molecule has 14 heteroatoms. The molecule has 6 rings (SSSR count). The van der Waals surface area contributed by atoms with E-state index in [1.54, 1.807) is 6.07 Å². The van der Waals surface area contributed by atoms with Crippen molar-refractivity contribution in [2.75, 3.05) is 32.6 Å².